The number of sulfonamides is 1. The molecule has 28 heavy (non-hydrogen) atoms. The van der Waals surface area contributed by atoms with Crippen LogP contribution in [0.4, 0.5) is 0 Å². The molecule has 2 fully saturated rings. The Morgan fingerprint density at radius 2 is 1.75 bits per heavy atom. The van der Waals surface area contributed by atoms with Crippen LogP contribution in [-0.2, 0) is 19.6 Å². The van der Waals surface area contributed by atoms with E-state index in [1.807, 2.05) is 30.3 Å². The standard InChI is InChI=1S/C18H20N4O5S/c23-15-7-4-8-16(24)22(15)9-10-28(25,26)21-11-14(12-21)18-19-17(20-27-18)13-5-2-1-3-6-13/h1-3,5-6,14H,4,7-12H2. The third-order valence-corrected chi connectivity index (χ3v) is 6.80. The lowest BCUT2D eigenvalue weighted by molar-refractivity contribution is -0.147. The molecule has 2 aliphatic rings. The van der Waals surface area contributed by atoms with Crippen LogP contribution in [0.25, 0.3) is 11.4 Å². The number of amides is 2. The maximum absolute atomic E-state index is 12.5. The van der Waals surface area contributed by atoms with Crippen molar-refractivity contribution in [2.75, 3.05) is 25.4 Å². The molecule has 4 rings (SSSR count). The maximum Gasteiger partial charge on any atom is 0.232 e. The van der Waals surface area contributed by atoms with E-state index in [-0.39, 0.29) is 43.1 Å². The van der Waals surface area contributed by atoms with E-state index < -0.39 is 10.0 Å². The Morgan fingerprint density at radius 3 is 2.43 bits per heavy atom. The fraction of sp³-hybridized carbons (Fsp3) is 0.444. The van der Waals surface area contributed by atoms with Gasteiger partial charge < -0.3 is 4.52 Å². The maximum atomic E-state index is 12.5. The van der Waals surface area contributed by atoms with Crippen LogP contribution in [0.1, 0.15) is 31.1 Å². The third-order valence-electron chi connectivity index (χ3n) is 5.02. The van der Waals surface area contributed by atoms with Crippen molar-refractivity contribution in [1.82, 2.24) is 19.3 Å². The van der Waals surface area contributed by atoms with Crippen LogP contribution in [0, 0.1) is 0 Å². The zero-order valence-corrected chi connectivity index (χ0v) is 16.0. The lowest BCUT2D eigenvalue weighted by atomic mass is 10.0. The van der Waals surface area contributed by atoms with Crippen molar-refractivity contribution in [3.05, 3.63) is 36.2 Å². The minimum atomic E-state index is -3.56. The van der Waals surface area contributed by atoms with Crippen molar-refractivity contribution in [2.45, 2.75) is 25.2 Å². The van der Waals surface area contributed by atoms with E-state index in [0.29, 0.717) is 31.0 Å². The van der Waals surface area contributed by atoms with Crippen molar-refractivity contribution in [3.63, 3.8) is 0 Å². The molecule has 9 nitrogen and oxygen atoms in total. The second-order valence-corrected chi connectivity index (χ2v) is 9.03. The molecule has 1 aromatic heterocycles. The fourth-order valence-corrected chi connectivity index (χ4v) is 4.80. The number of nitrogens with zero attached hydrogens (tertiary/aromatic N) is 4. The van der Waals surface area contributed by atoms with Gasteiger partial charge >= 0.3 is 0 Å². The molecule has 0 atom stereocenters. The number of hydrogen-bond acceptors (Lipinski definition) is 7. The molecular weight excluding hydrogens is 384 g/mol. The number of likely N-dealkylation sites (tertiary alicyclic amines) is 1. The first-order chi connectivity index (χ1) is 13.4. The van der Waals surface area contributed by atoms with Crippen LogP contribution >= 0.6 is 0 Å². The first kappa shape index (κ1) is 18.8. The highest BCUT2D eigenvalue weighted by molar-refractivity contribution is 7.89. The fourth-order valence-electron chi connectivity index (χ4n) is 3.31. The number of carbonyl (C=O) groups excluding carboxylic acids is 2. The van der Waals surface area contributed by atoms with E-state index >= 15 is 0 Å². The second-order valence-electron chi connectivity index (χ2n) is 6.94. The largest absolute Gasteiger partial charge is 0.339 e. The van der Waals surface area contributed by atoms with Gasteiger partial charge in [-0.05, 0) is 6.42 Å². The van der Waals surface area contributed by atoms with Crippen LogP contribution in [0.15, 0.2) is 34.9 Å². The van der Waals surface area contributed by atoms with Gasteiger partial charge in [-0.3, -0.25) is 14.5 Å². The second kappa shape index (κ2) is 7.44. The van der Waals surface area contributed by atoms with Gasteiger partial charge in [-0.1, -0.05) is 35.5 Å². The highest BCUT2D eigenvalue weighted by Crippen LogP contribution is 2.30. The first-order valence-electron chi connectivity index (χ1n) is 9.14. The Kier molecular flexibility index (Phi) is 4.98. The quantitative estimate of drug-likeness (QED) is 0.660. The molecule has 0 N–H and O–H groups in total. The van der Waals surface area contributed by atoms with E-state index in [9.17, 15) is 18.0 Å². The van der Waals surface area contributed by atoms with E-state index in [4.69, 9.17) is 4.52 Å². The highest BCUT2D eigenvalue weighted by Gasteiger charge is 2.40. The number of benzene rings is 1. The number of piperidine rings is 1. The van der Waals surface area contributed by atoms with Gasteiger partial charge in [0.05, 0.1) is 11.7 Å². The van der Waals surface area contributed by atoms with Gasteiger partial charge in [-0.15, -0.1) is 0 Å². The molecule has 0 spiro atoms. The Balaban J connectivity index is 1.33. The Hall–Kier alpha value is -2.59. The summed E-state index contributed by atoms with van der Waals surface area (Å²) in [6.45, 7) is 0.404. The Bertz CT molecular complexity index is 966. The van der Waals surface area contributed by atoms with E-state index in [2.05, 4.69) is 10.1 Å². The molecule has 0 radical (unpaired) electrons. The zero-order valence-electron chi connectivity index (χ0n) is 15.2. The molecule has 0 bridgehead atoms. The summed E-state index contributed by atoms with van der Waals surface area (Å²) in [5.74, 6) is -0.140. The van der Waals surface area contributed by atoms with Gasteiger partial charge in [0.2, 0.25) is 33.6 Å². The number of hydrogen-bond donors (Lipinski definition) is 0. The van der Waals surface area contributed by atoms with Gasteiger partial charge in [0.25, 0.3) is 0 Å². The molecular formula is C18H20N4O5S. The van der Waals surface area contributed by atoms with Gasteiger partial charge in [0.1, 0.15) is 0 Å². The number of carbonyl (C=O) groups is 2. The van der Waals surface area contributed by atoms with Gasteiger partial charge in [0, 0.05) is 38.0 Å². The monoisotopic (exact) mass is 404 g/mol. The van der Waals surface area contributed by atoms with Crippen molar-refractivity contribution in [3.8, 4) is 11.4 Å². The lowest BCUT2D eigenvalue weighted by Gasteiger charge is -2.36. The minimum absolute atomic E-state index is 0.0973. The predicted octanol–water partition coefficient (Wildman–Crippen LogP) is 1.00. The van der Waals surface area contributed by atoms with Crippen molar-refractivity contribution < 1.29 is 22.5 Å². The van der Waals surface area contributed by atoms with Crippen molar-refractivity contribution in [2.24, 2.45) is 0 Å². The molecule has 3 heterocycles. The van der Waals surface area contributed by atoms with E-state index in [1.54, 1.807) is 0 Å². The van der Waals surface area contributed by atoms with E-state index in [1.165, 1.54) is 4.31 Å². The summed E-state index contributed by atoms with van der Waals surface area (Å²) in [6, 6.07) is 9.39. The molecule has 0 unspecified atom stereocenters. The van der Waals surface area contributed by atoms with Gasteiger partial charge in [-0.2, -0.15) is 4.98 Å². The minimum Gasteiger partial charge on any atom is -0.339 e. The average Bonchev–Trinajstić information content (AvgIpc) is 3.10. The number of aromatic nitrogens is 2. The van der Waals surface area contributed by atoms with Crippen molar-refractivity contribution >= 4 is 21.8 Å². The topological polar surface area (TPSA) is 114 Å². The summed E-state index contributed by atoms with van der Waals surface area (Å²) in [5.41, 5.74) is 0.831. The van der Waals surface area contributed by atoms with Crippen LogP contribution in [0.2, 0.25) is 0 Å². The van der Waals surface area contributed by atoms with Crippen LogP contribution in [0.3, 0.4) is 0 Å². The summed E-state index contributed by atoms with van der Waals surface area (Å²) in [6.07, 6.45) is 1.11. The molecule has 0 aliphatic carbocycles. The third kappa shape index (κ3) is 3.69. The molecule has 148 valence electrons. The van der Waals surface area contributed by atoms with Gasteiger partial charge in [-0.25, -0.2) is 12.7 Å². The number of rotatable bonds is 6. The summed E-state index contributed by atoms with van der Waals surface area (Å²) in [7, 11) is -3.56. The first-order valence-corrected chi connectivity index (χ1v) is 10.7. The Labute approximate surface area is 162 Å². The van der Waals surface area contributed by atoms with Gasteiger partial charge in [0.15, 0.2) is 0 Å². The summed E-state index contributed by atoms with van der Waals surface area (Å²) >= 11 is 0. The summed E-state index contributed by atoms with van der Waals surface area (Å²) in [4.78, 5) is 29.0. The summed E-state index contributed by atoms with van der Waals surface area (Å²) < 4.78 is 31.6. The molecule has 2 amide bonds. The molecule has 1 aromatic carbocycles. The predicted molar refractivity (Wildman–Crippen MR) is 98.4 cm³/mol. The SMILES string of the molecule is O=C1CCCC(=O)N1CCS(=O)(=O)N1CC(c2nc(-c3ccccc3)no2)C1. The highest BCUT2D eigenvalue weighted by atomic mass is 32.2. The van der Waals surface area contributed by atoms with Crippen LogP contribution in [0.5, 0.6) is 0 Å². The molecule has 2 aliphatic heterocycles. The zero-order chi connectivity index (χ0) is 19.7. The van der Waals surface area contributed by atoms with Crippen LogP contribution in [-0.4, -0.2) is 65.0 Å². The molecule has 2 saturated heterocycles. The van der Waals surface area contributed by atoms with Crippen LogP contribution < -0.4 is 0 Å². The average molecular weight is 404 g/mol. The normalized spacial score (nSPS) is 19.1. The number of imide groups is 1. The lowest BCUT2D eigenvalue weighted by Crippen LogP contribution is -2.51. The molecule has 0 saturated carbocycles. The summed E-state index contributed by atoms with van der Waals surface area (Å²) in [5, 5.41) is 3.96. The molecule has 10 heteroatoms. The van der Waals surface area contributed by atoms with E-state index in [0.717, 1.165) is 10.5 Å². The van der Waals surface area contributed by atoms with Crippen molar-refractivity contribution in [1.29, 1.82) is 0 Å². The Morgan fingerprint density at radius 1 is 1.07 bits per heavy atom. The molecule has 2 aromatic rings. The smallest absolute Gasteiger partial charge is 0.232 e.